The van der Waals surface area contributed by atoms with E-state index in [0.717, 1.165) is 33.7 Å². The number of hydrogen-bond acceptors (Lipinski definition) is 5. The quantitative estimate of drug-likeness (QED) is 0.762. The minimum Gasteiger partial charge on any atom is -0.497 e. The van der Waals surface area contributed by atoms with Crippen LogP contribution < -0.4 is 15.0 Å². The second-order valence-corrected chi connectivity index (χ2v) is 6.10. The number of nitrogens with one attached hydrogen (secondary N) is 1. The van der Waals surface area contributed by atoms with Crippen molar-refractivity contribution in [3.63, 3.8) is 0 Å². The predicted molar refractivity (Wildman–Crippen MR) is 104 cm³/mol. The van der Waals surface area contributed by atoms with Crippen LogP contribution in [-0.2, 0) is 11.3 Å². The number of anilines is 2. The molecular formula is C20H22N4O2. The van der Waals surface area contributed by atoms with Gasteiger partial charge in [-0.25, -0.2) is 9.97 Å². The first-order valence-corrected chi connectivity index (χ1v) is 8.37. The molecule has 134 valence electrons. The van der Waals surface area contributed by atoms with Crippen LogP contribution in [0.3, 0.4) is 0 Å². The summed E-state index contributed by atoms with van der Waals surface area (Å²) >= 11 is 0. The molecule has 0 aliphatic rings. The SMILES string of the molecule is COc1ccc(CNc2nc(C)nc3ccc(N(C)C(C)=O)cc23)cc1. The van der Waals surface area contributed by atoms with E-state index in [9.17, 15) is 4.79 Å². The fraction of sp³-hybridized carbons (Fsp3) is 0.250. The van der Waals surface area contributed by atoms with Gasteiger partial charge in [-0.3, -0.25) is 4.79 Å². The standard InChI is InChI=1S/C20H22N4O2/c1-13-22-19-10-7-16(24(3)14(2)25)11-18(19)20(23-13)21-12-15-5-8-17(26-4)9-6-15/h5-11H,12H2,1-4H3,(H,21,22,23). The van der Waals surface area contributed by atoms with E-state index in [-0.39, 0.29) is 5.91 Å². The van der Waals surface area contributed by atoms with Gasteiger partial charge in [-0.05, 0) is 42.8 Å². The van der Waals surface area contributed by atoms with Crippen LogP contribution in [0.15, 0.2) is 42.5 Å². The van der Waals surface area contributed by atoms with Gasteiger partial charge in [-0.1, -0.05) is 12.1 Å². The van der Waals surface area contributed by atoms with Crippen molar-refractivity contribution in [2.75, 3.05) is 24.4 Å². The third kappa shape index (κ3) is 3.74. The van der Waals surface area contributed by atoms with Crippen LogP contribution in [0.25, 0.3) is 10.9 Å². The molecule has 1 N–H and O–H groups in total. The molecule has 0 saturated carbocycles. The maximum atomic E-state index is 11.7. The molecule has 0 atom stereocenters. The van der Waals surface area contributed by atoms with Gasteiger partial charge in [0.15, 0.2) is 0 Å². The Morgan fingerprint density at radius 1 is 1.15 bits per heavy atom. The molecule has 0 bridgehead atoms. The van der Waals surface area contributed by atoms with Crippen molar-refractivity contribution < 1.29 is 9.53 Å². The summed E-state index contributed by atoms with van der Waals surface area (Å²) in [5.41, 5.74) is 2.77. The summed E-state index contributed by atoms with van der Waals surface area (Å²) < 4.78 is 5.19. The highest BCUT2D eigenvalue weighted by Crippen LogP contribution is 2.26. The molecule has 0 aliphatic carbocycles. The van der Waals surface area contributed by atoms with Crippen molar-refractivity contribution in [1.29, 1.82) is 0 Å². The Labute approximate surface area is 152 Å². The number of carbonyl (C=O) groups excluding carboxylic acids is 1. The van der Waals surface area contributed by atoms with Gasteiger partial charge in [0.1, 0.15) is 17.4 Å². The zero-order valence-electron chi connectivity index (χ0n) is 15.4. The van der Waals surface area contributed by atoms with Crippen molar-refractivity contribution in [3.05, 3.63) is 53.9 Å². The van der Waals surface area contributed by atoms with Crippen LogP contribution in [0, 0.1) is 6.92 Å². The van der Waals surface area contributed by atoms with Crippen molar-refractivity contribution in [2.45, 2.75) is 20.4 Å². The van der Waals surface area contributed by atoms with Crippen molar-refractivity contribution >= 4 is 28.3 Å². The number of hydrogen-bond donors (Lipinski definition) is 1. The first-order valence-electron chi connectivity index (χ1n) is 8.37. The number of amides is 1. The number of fused-ring (bicyclic) bond motifs is 1. The zero-order valence-corrected chi connectivity index (χ0v) is 15.4. The lowest BCUT2D eigenvalue weighted by molar-refractivity contribution is -0.116. The first kappa shape index (κ1) is 17.7. The van der Waals surface area contributed by atoms with Gasteiger partial charge in [-0.15, -0.1) is 0 Å². The Morgan fingerprint density at radius 2 is 1.88 bits per heavy atom. The molecule has 1 aromatic heterocycles. The third-order valence-electron chi connectivity index (χ3n) is 4.27. The second-order valence-electron chi connectivity index (χ2n) is 6.10. The highest BCUT2D eigenvalue weighted by Gasteiger charge is 2.11. The fourth-order valence-corrected chi connectivity index (χ4v) is 2.69. The molecule has 0 radical (unpaired) electrons. The Morgan fingerprint density at radius 3 is 2.54 bits per heavy atom. The van der Waals surface area contributed by atoms with Crippen molar-refractivity contribution in [3.8, 4) is 5.75 Å². The van der Waals surface area contributed by atoms with Crippen LogP contribution in [0.2, 0.25) is 0 Å². The molecule has 1 heterocycles. The normalized spacial score (nSPS) is 10.6. The monoisotopic (exact) mass is 350 g/mol. The highest BCUT2D eigenvalue weighted by atomic mass is 16.5. The topological polar surface area (TPSA) is 67.3 Å². The molecule has 1 amide bonds. The van der Waals surface area contributed by atoms with Gasteiger partial charge in [0.05, 0.1) is 12.6 Å². The minimum absolute atomic E-state index is 0.0230. The number of aryl methyl sites for hydroxylation is 1. The number of aromatic nitrogens is 2. The van der Waals surface area contributed by atoms with Crippen molar-refractivity contribution in [1.82, 2.24) is 9.97 Å². The Hall–Kier alpha value is -3.15. The van der Waals surface area contributed by atoms with E-state index in [0.29, 0.717) is 12.4 Å². The van der Waals surface area contributed by atoms with Gasteiger partial charge in [0.25, 0.3) is 0 Å². The average molecular weight is 350 g/mol. The molecule has 0 spiro atoms. The van der Waals surface area contributed by atoms with Gasteiger partial charge >= 0.3 is 0 Å². The van der Waals surface area contributed by atoms with Gasteiger partial charge in [0, 0.05) is 31.6 Å². The lowest BCUT2D eigenvalue weighted by Crippen LogP contribution is -2.22. The maximum Gasteiger partial charge on any atom is 0.223 e. The van der Waals surface area contributed by atoms with Gasteiger partial charge < -0.3 is 15.0 Å². The summed E-state index contributed by atoms with van der Waals surface area (Å²) in [7, 11) is 3.40. The molecule has 6 heteroatoms. The van der Waals surface area contributed by atoms with E-state index in [1.807, 2.05) is 49.4 Å². The van der Waals surface area contributed by atoms with Crippen LogP contribution in [0.4, 0.5) is 11.5 Å². The molecule has 0 fully saturated rings. The number of methoxy groups -OCH3 is 1. The maximum absolute atomic E-state index is 11.7. The molecule has 26 heavy (non-hydrogen) atoms. The summed E-state index contributed by atoms with van der Waals surface area (Å²) in [5, 5.41) is 4.27. The summed E-state index contributed by atoms with van der Waals surface area (Å²) in [6.07, 6.45) is 0. The molecular weight excluding hydrogens is 328 g/mol. The second kappa shape index (κ2) is 7.39. The summed E-state index contributed by atoms with van der Waals surface area (Å²) in [5.74, 6) is 2.25. The third-order valence-corrected chi connectivity index (χ3v) is 4.27. The molecule has 3 rings (SSSR count). The van der Waals surface area contributed by atoms with E-state index in [1.54, 1.807) is 26.0 Å². The zero-order chi connectivity index (χ0) is 18.7. The molecule has 0 unspecified atom stereocenters. The van der Waals surface area contributed by atoms with Crippen molar-refractivity contribution in [2.24, 2.45) is 0 Å². The predicted octanol–water partition coefficient (Wildman–Crippen LogP) is 3.54. The first-order chi connectivity index (χ1) is 12.5. The highest BCUT2D eigenvalue weighted by molar-refractivity contribution is 5.97. The van der Waals surface area contributed by atoms with Gasteiger partial charge in [0.2, 0.25) is 5.91 Å². The number of rotatable bonds is 5. The van der Waals surface area contributed by atoms with E-state index in [2.05, 4.69) is 15.3 Å². The lowest BCUT2D eigenvalue weighted by Gasteiger charge is -2.17. The summed E-state index contributed by atoms with van der Waals surface area (Å²) in [6.45, 7) is 4.04. The largest absolute Gasteiger partial charge is 0.497 e. The van der Waals surface area contributed by atoms with Crippen LogP contribution >= 0.6 is 0 Å². The van der Waals surface area contributed by atoms with Crippen LogP contribution in [-0.4, -0.2) is 30.0 Å². The Balaban J connectivity index is 1.92. The average Bonchev–Trinajstić information content (AvgIpc) is 2.65. The molecule has 0 aliphatic heterocycles. The molecule has 0 saturated heterocycles. The molecule has 2 aromatic carbocycles. The number of nitrogens with zero attached hydrogens (tertiary/aromatic N) is 3. The molecule has 6 nitrogen and oxygen atoms in total. The molecule has 3 aromatic rings. The van der Waals surface area contributed by atoms with Gasteiger partial charge in [-0.2, -0.15) is 0 Å². The van der Waals surface area contributed by atoms with E-state index < -0.39 is 0 Å². The van der Waals surface area contributed by atoms with Crippen LogP contribution in [0.1, 0.15) is 18.3 Å². The lowest BCUT2D eigenvalue weighted by atomic mass is 10.1. The Bertz CT molecular complexity index is 938. The number of benzene rings is 2. The minimum atomic E-state index is -0.0230. The van der Waals surface area contributed by atoms with E-state index >= 15 is 0 Å². The smallest absolute Gasteiger partial charge is 0.223 e. The van der Waals surface area contributed by atoms with E-state index in [1.165, 1.54) is 0 Å². The summed E-state index contributed by atoms with van der Waals surface area (Å²) in [6, 6.07) is 13.6. The Kier molecular flexibility index (Phi) is 5.02. The number of ether oxygens (including phenoxy) is 1. The fourth-order valence-electron chi connectivity index (χ4n) is 2.69. The van der Waals surface area contributed by atoms with Crippen LogP contribution in [0.5, 0.6) is 5.75 Å². The van der Waals surface area contributed by atoms with E-state index in [4.69, 9.17) is 4.74 Å². The summed E-state index contributed by atoms with van der Waals surface area (Å²) in [4.78, 5) is 22.3. The number of carbonyl (C=O) groups is 1.